The number of halogens is 1. The predicted octanol–water partition coefficient (Wildman–Crippen LogP) is 4.87. The number of hydrogen-bond donors (Lipinski definition) is 0. The van der Waals surface area contributed by atoms with Crippen molar-refractivity contribution in [3.05, 3.63) is 68.9 Å². The van der Waals surface area contributed by atoms with Crippen molar-refractivity contribution in [3.63, 3.8) is 0 Å². The van der Waals surface area contributed by atoms with Crippen molar-refractivity contribution in [1.29, 1.82) is 0 Å². The van der Waals surface area contributed by atoms with Gasteiger partial charge in [-0.15, -0.1) is 0 Å². The summed E-state index contributed by atoms with van der Waals surface area (Å²) in [5.41, 5.74) is 1.58. The number of benzene rings is 2. The van der Waals surface area contributed by atoms with Crippen LogP contribution >= 0.6 is 27.7 Å². The first kappa shape index (κ1) is 21.1. The molecule has 1 aliphatic rings. The van der Waals surface area contributed by atoms with Gasteiger partial charge in [0, 0.05) is 17.6 Å². The zero-order valence-corrected chi connectivity index (χ0v) is 19.3. The highest BCUT2D eigenvalue weighted by Gasteiger charge is 2.21. The summed E-state index contributed by atoms with van der Waals surface area (Å²) in [6, 6.07) is 15.3. The third-order valence-corrected chi connectivity index (χ3v) is 6.96. The predicted molar refractivity (Wildman–Crippen MR) is 125 cm³/mol. The lowest BCUT2D eigenvalue weighted by atomic mass is 10.1. The van der Waals surface area contributed by atoms with Crippen LogP contribution in [0.2, 0.25) is 0 Å². The van der Waals surface area contributed by atoms with Gasteiger partial charge in [0.2, 0.25) is 5.91 Å². The maximum atomic E-state index is 13.5. The molecule has 1 aliphatic heterocycles. The van der Waals surface area contributed by atoms with E-state index >= 15 is 0 Å². The number of hydrogen-bond acceptors (Lipinski definition) is 4. The SMILES string of the molecule is C[C@H](c1ccccc1)n1c(SCC(=O)N2CCCCC2)nc2ccc(Br)cc2c1=O. The lowest BCUT2D eigenvalue weighted by Crippen LogP contribution is -2.37. The van der Waals surface area contributed by atoms with Gasteiger partial charge < -0.3 is 4.90 Å². The fourth-order valence-electron chi connectivity index (χ4n) is 3.84. The quantitative estimate of drug-likeness (QED) is 0.381. The van der Waals surface area contributed by atoms with Gasteiger partial charge >= 0.3 is 0 Å². The van der Waals surface area contributed by atoms with E-state index in [4.69, 9.17) is 4.98 Å². The van der Waals surface area contributed by atoms with Gasteiger partial charge in [0.25, 0.3) is 5.56 Å². The van der Waals surface area contributed by atoms with Crippen molar-refractivity contribution in [2.45, 2.75) is 37.4 Å². The first-order valence-electron chi connectivity index (χ1n) is 10.2. The van der Waals surface area contributed by atoms with Crippen LogP contribution in [0, 0.1) is 0 Å². The Labute approximate surface area is 188 Å². The lowest BCUT2D eigenvalue weighted by Gasteiger charge is -2.27. The van der Waals surface area contributed by atoms with Gasteiger partial charge in [-0.3, -0.25) is 14.2 Å². The third-order valence-electron chi connectivity index (χ3n) is 5.53. The highest BCUT2D eigenvalue weighted by molar-refractivity contribution is 9.10. The number of fused-ring (bicyclic) bond motifs is 1. The molecule has 0 radical (unpaired) electrons. The standard InChI is InChI=1S/C23H24BrN3O2S/c1-16(17-8-4-2-5-9-17)27-22(29)19-14-18(24)10-11-20(19)25-23(27)30-15-21(28)26-12-6-3-7-13-26/h2,4-5,8-11,14,16H,3,6-7,12-13,15H2,1H3/t16-/m1/s1. The fourth-order valence-corrected chi connectivity index (χ4v) is 5.17. The molecule has 1 atom stereocenters. The number of rotatable bonds is 5. The average molecular weight is 486 g/mol. The summed E-state index contributed by atoms with van der Waals surface area (Å²) in [5, 5.41) is 1.15. The Kier molecular flexibility index (Phi) is 6.58. The molecule has 3 aromatic rings. The Morgan fingerprint density at radius 2 is 1.87 bits per heavy atom. The molecule has 0 unspecified atom stereocenters. The number of carbonyl (C=O) groups is 1. The van der Waals surface area contributed by atoms with Crippen molar-refractivity contribution in [1.82, 2.24) is 14.5 Å². The molecule has 0 saturated carbocycles. The lowest BCUT2D eigenvalue weighted by molar-refractivity contribution is -0.129. The van der Waals surface area contributed by atoms with E-state index in [2.05, 4.69) is 15.9 Å². The molecule has 0 spiro atoms. The number of carbonyl (C=O) groups excluding carboxylic acids is 1. The monoisotopic (exact) mass is 485 g/mol. The van der Waals surface area contributed by atoms with Gasteiger partial charge in [-0.1, -0.05) is 58.0 Å². The highest BCUT2D eigenvalue weighted by atomic mass is 79.9. The van der Waals surface area contributed by atoms with Gasteiger partial charge in [0.15, 0.2) is 5.16 Å². The molecule has 1 amide bonds. The van der Waals surface area contributed by atoms with E-state index in [-0.39, 0.29) is 23.3 Å². The van der Waals surface area contributed by atoms with E-state index in [0.717, 1.165) is 36.0 Å². The van der Waals surface area contributed by atoms with Crippen molar-refractivity contribution in [2.24, 2.45) is 0 Å². The number of amides is 1. The summed E-state index contributed by atoms with van der Waals surface area (Å²) in [6.07, 6.45) is 3.32. The molecule has 5 nitrogen and oxygen atoms in total. The summed E-state index contributed by atoms with van der Waals surface area (Å²) in [4.78, 5) is 32.9. The van der Waals surface area contributed by atoms with Crippen LogP contribution in [0.5, 0.6) is 0 Å². The van der Waals surface area contributed by atoms with E-state index in [9.17, 15) is 9.59 Å². The molecule has 0 bridgehead atoms. The third kappa shape index (κ3) is 4.47. The molecule has 2 aromatic carbocycles. The largest absolute Gasteiger partial charge is 0.342 e. The molecule has 30 heavy (non-hydrogen) atoms. The molecule has 1 saturated heterocycles. The van der Waals surface area contributed by atoms with Crippen LogP contribution in [-0.4, -0.2) is 39.2 Å². The highest BCUT2D eigenvalue weighted by Crippen LogP contribution is 2.26. The Morgan fingerprint density at radius 3 is 2.60 bits per heavy atom. The van der Waals surface area contributed by atoms with Gasteiger partial charge in [0.1, 0.15) is 0 Å². The Morgan fingerprint density at radius 1 is 1.13 bits per heavy atom. The van der Waals surface area contributed by atoms with E-state index in [1.165, 1.54) is 18.2 Å². The molecule has 7 heteroatoms. The molecule has 0 aliphatic carbocycles. The number of aromatic nitrogens is 2. The number of nitrogens with zero attached hydrogens (tertiary/aromatic N) is 3. The second kappa shape index (κ2) is 9.35. The topological polar surface area (TPSA) is 55.2 Å². The molecule has 2 heterocycles. The summed E-state index contributed by atoms with van der Waals surface area (Å²) < 4.78 is 2.56. The number of likely N-dealkylation sites (tertiary alicyclic amines) is 1. The minimum Gasteiger partial charge on any atom is -0.342 e. The van der Waals surface area contributed by atoms with Crippen molar-refractivity contribution in [3.8, 4) is 0 Å². The molecule has 156 valence electrons. The maximum Gasteiger partial charge on any atom is 0.262 e. The zero-order chi connectivity index (χ0) is 21.1. The molecule has 1 aromatic heterocycles. The zero-order valence-electron chi connectivity index (χ0n) is 16.9. The summed E-state index contributed by atoms with van der Waals surface area (Å²) in [5.74, 6) is 0.402. The van der Waals surface area contributed by atoms with Crippen LogP contribution < -0.4 is 5.56 Å². The fraction of sp³-hybridized carbons (Fsp3) is 0.348. The Balaban J connectivity index is 1.72. The van der Waals surface area contributed by atoms with E-state index in [0.29, 0.717) is 16.1 Å². The number of thioether (sulfide) groups is 1. The molecule has 1 fully saturated rings. The average Bonchev–Trinajstić information content (AvgIpc) is 2.79. The normalized spacial score (nSPS) is 15.3. The Bertz CT molecular complexity index is 1110. The first-order chi connectivity index (χ1) is 14.5. The van der Waals surface area contributed by atoms with Gasteiger partial charge in [-0.2, -0.15) is 0 Å². The minimum atomic E-state index is -0.192. The molecular weight excluding hydrogens is 462 g/mol. The van der Waals surface area contributed by atoms with Crippen LogP contribution in [0.25, 0.3) is 10.9 Å². The minimum absolute atomic E-state index is 0.0921. The molecule has 4 rings (SSSR count). The van der Waals surface area contributed by atoms with Crippen LogP contribution in [0.4, 0.5) is 0 Å². The number of piperidine rings is 1. The van der Waals surface area contributed by atoms with Gasteiger partial charge in [-0.25, -0.2) is 4.98 Å². The summed E-state index contributed by atoms with van der Waals surface area (Å²) in [6.45, 7) is 3.65. The summed E-state index contributed by atoms with van der Waals surface area (Å²) in [7, 11) is 0. The smallest absolute Gasteiger partial charge is 0.262 e. The van der Waals surface area contributed by atoms with Gasteiger partial charge in [-0.05, 0) is 49.9 Å². The van der Waals surface area contributed by atoms with Crippen molar-refractivity contribution < 1.29 is 4.79 Å². The molecular formula is C23H24BrN3O2S. The van der Waals surface area contributed by atoms with Crippen LogP contribution in [-0.2, 0) is 4.79 Å². The van der Waals surface area contributed by atoms with Crippen LogP contribution in [0.3, 0.4) is 0 Å². The first-order valence-corrected chi connectivity index (χ1v) is 12.0. The summed E-state index contributed by atoms with van der Waals surface area (Å²) >= 11 is 4.81. The second-order valence-electron chi connectivity index (χ2n) is 7.55. The second-order valence-corrected chi connectivity index (χ2v) is 9.41. The van der Waals surface area contributed by atoms with E-state index in [1.807, 2.05) is 60.4 Å². The Hall–Kier alpha value is -2.12. The van der Waals surface area contributed by atoms with Gasteiger partial charge in [0.05, 0.1) is 22.7 Å². The van der Waals surface area contributed by atoms with Crippen molar-refractivity contribution >= 4 is 44.5 Å². The van der Waals surface area contributed by atoms with Crippen LogP contribution in [0.1, 0.15) is 37.8 Å². The molecule has 0 N–H and O–H groups in total. The van der Waals surface area contributed by atoms with E-state index in [1.54, 1.807) is 4.57 Å². The maximum absolute atomic E-state index is 13.5. The van der Waals surface area contributed by atoms with Crippen LogP contribution in [0.15, 0.2) is 63.0 Å². The van der Waals surface area contributed by atoms with Crippen molar-refractivity contribution in [2.75, 3.05) is 18.8 Å². The van der Waals surface area contributed by atoms with E-state index < -0.39 is 0 Å².